The molecule has 6 heteroatoms. The second-order valence-corrected chi connectivity index (χ2v) is 3.34. The van der Waals surface area contributed by atoms with Crippen molar-refractivity contribution in [3.8, 4) is 5.88 Å². The van der Waals surface area contributed by atoms with Gasteiger partial charge >= 0.3 is 0 Å². The molecule has 0 saturated carbocycles. The number of nitrogens with zero attached hydrogens (tertiary/aromatic N) is 2. The number of hydrogen-bond acceptors (Lipinski definition) is 5. The number of ether oxygens (including phenoxy) is 2. The van der Waals surface area contributed by atoms with Crippen molar-refractivity contribution >= 4 is 17.3 Å². The quantitative estimate of drug-likeness (QED) is 0.742. The highest BCUT2D eigenvalue weighted by Gasteiger charge is 2.19. The van der Waals surface area contributed by atoms with Gasteiger partial charge in [-0.25, -0.2) is 4.98 Å². The van der Waals surface area contributed by atoms with Gasteiger partial charge in [-0.3, -0.25) is 0 Å². The molecule has 76 valence electrons. The van der Waals surface area contributed by atoms with E-state index in [9.17, 15) is 0 Å². The number of nitrogens with two attached hydrogens (primary N) is 1. The van der Waals surface area contributed by atoms with Gasteiger partial charge in [0.15, 0.2) is 5.15 Å². The molecule has 0 amide bonds. The molecule has 5 nitrogen and oxygen atoms in total. The molecule has 1 aliphatic rings. The Morgan fingerprint density at radius 1 is 1.57 bits per heavy atom. The maximum Gasteiger partial charge on any atom is 0.242 e. The molecule has 0 aromatic carbocycles. The third kappa shape index (κ3) is 1.88. The Hall–Kier alpha value is -1.07. The Kier molecular flexibility index (Phi) is 2.69. The highest BCUT2D eigenvalue weighted by Crippen LogP contribution is 2.26. The summed E-state index contributed by atoms with van der Waals surface area (Å²) in [5.74, 6) is 0.334. The minimum absolute atomic E-state index is 0.0169. The van der Waals surface area contributed by atoms with Crippen LogP contribution < -0.4 is 10.5 Å². The second-order valence-electron chi connectivity index (χ2n) is 2.99. The van der Waals surface area contributed by atoms with E-state index < -0.39 is 0 Å². The highest BCUT2D eigenvalue weighted by atomic mass is 35.5. The summed E-state index contributed by atoms with van der Waals surface area (Å²) in [6.07, 6.45) is 2.19. The molecule has 1 unspecified atom stereocenters. The number of rotatable bonds is 2. The van der Waals surface area contributed by atoms with Gasteiger partial charge < -0.3 is 15.2 Å². The van der Waals surface area contributed by atoms with Crippen molar-refractivity contribution in [3.05, 3.63) is 11.5 Å². The maximum absolute atomic E-state index is 5.71. The van der Waals surface area contributed by atoms with Crippen LogP contribution in [0.2, 0.25) is 5.15 Å². The molecule has 1 fully saturated rings. The summed E-state index contributed by atoms with van der Waals surface area (Å²) in [5.41, 5.74) is 5.92. The van der Waals surface area contributed by atoms with Crippen LogP contribution in [0.25, 0.3) is 0 Å². The molecule has 1 aliphatic heterocycles. The van der Waals surface area contributed by atoms with Gasteiger partial charge in [0.1, 0.15) is 18.1 Å². The highest BCUT2D eigenvalue weighted by molar-refractivity contribution is 6.32. The van der Waals surface area contributed by atoms with Crippen LogP contribution in [0.15, 0.2) is 6.33 Å². The van der Waals surface area contributed by atoms with Gasteiger partial charge in [0.05, 0.1) is 13.2 Å². The van der Waals surface area contributed by atoms with Crippen molar-refractivity contribution in [2.45, 2.75) is 12.5 Å². The molecule has 0 spiro atoms. The van der Waals surface area contributed by atoms with E-state index >= 15 is 0 Å². The number of hydrogen-bond donors (Lipinski definition) is 1. The SMILES string of the molecule is Nc1c(Cl)ncnc1OC1CCOC1. The summed E-state index contributed by atoms with van der Waals surface area (Å²) in [4.78, 5) is 7.64. The zero-order chi connectivity index (χ0) is 9.97. The predicted octanol–water partition coefficient (Wildman–Crippen LogP) is 0.880. The van der Waals surface area contributed by atoms with Gasteiger partial charge in [-0.1, -0.05) is 11.6 Å². The summed E-state index contributed by atoms with van der Waals surface area (Å²) >= 11 is 5.71. The molecule has 2 heterocycles. The average molecular weight is 216 g/mol. The van der Waals surface area contributed by atoms with Crippen molar-refractivity contribution in [2.24, 2.45) is 0 Å². The standard InChI is InChI=1S/C8H10ClN3O2/c9-7-6(10)8(12-4-11-7)14-5-1-2-13-3-5/h4-5H,1-3,10H2. The molecule has 0 aliphatic carbocycles. The second kappa shape index (κ2) is 3.98. The first kappa shape index (κ1) is 9.48. The Bertz CT molecular complexity index is 328. The van der Waals surface area contributed by atoms with Crippen LogP contribution in [-0.4, -0.2) is 29.3 Å². The Balaban J connectivity index is 2.11. The molecule has 1 aromatic heterocycles. The third-order valence-electron chi connectivity index (χ3n) is 1.96. The molecule has 14 heavy (non-hydrogen) atoms. The molecule has 0 bridgehead atoms. The number of halogens is 1. The summed E-state index contributed by atoms with van der Waals surface area (Å²) < 4.78 is 10.7. The van der Waals surface area contributed by atoms with E-state index in [4.69, 9.17) is 26.8 Å². The van der Waals surface area contributed by atoms with Gasteiger partial charge in [-0.15, -0.1) is 0 Å². The first-order valence-corrected chi connectivity index (χ1v) is 4.65. The fourth-order valence-electron chi connectivity index (χ4n) is 1.22. The number of nitrogen functional groups attached to an aromatic ring is 1. The monoisotopic (exact) mass is 215 g/mol. The minimum atomic E-state index is 0.0169. The van der Waals surface area contributed by atoms with Crippen LogP contribution >= 0.6 is 11.6 Å². The molecule has 1 saturated heterocycles. The fraction of sp³-hybridized carbons (Fsp3) is 0.500. The lowest BCUT2D eigenvalue weighted by Crippen LogP contribution is -2.17. The van der Waals surface area contributed by atoms with E-state index in [-0.39, 0.29) is 16.9 Å². The van der Waals surface area contributed by atoms with E-state index in [0.717, 1.165) is 6.42 Å². The summed E-state index contributed by atoms with van der Waals surface area (Å²) in [7, 11) is 0. The normalized spacial score (nSPS) is 21.1. The van der Waals surface area contributed by atoms with Crippen molar-refractivity contribution in [1.82, 2.24) is 9.97 Å². The molecular weight excluding hydrogens is 206 g/mol. The minimum Gasteiger partial charge on any atom is -0.470 e. The van der Waals surface area contributed by atoms with Crippen LogP contribution in [0, 0.1) is 0 Å². The van der Waals surface area contributed by atoms with Crippen molar-refractivity contribution in [3.63, 3.8) is 0 Å². The van der Waals surface area contributed by atoms with Crippen LogP contribution in [-0.2, 0) is 4.74 Å². The van der Waals surface area contributed by atoms with Crippen LogP contribution in [0.1, 0.15) is 6.42 Å². The molecular formula is C8H10ClN3O2. The number of anilines is 1. The van der Waals surface area contributed by atoms with E-state index in [1.165, 1.54) is 6.33 Å². The summed E-state index contributed by atoms with van der Waals surface area (Å²) in [6.45, 7) is 1.28. The zero-order valence-electron chi connectivity index (χ0n) is 7.44. The lowest BCUT2D eigenvalue weighted by atomic mass is 10.3. The third-order valence-corrected chi connectivity index (χ3v) is 2.27. The van der Waals surface area contributed by atoms with Gasteiger partial charge in [0, 0.05) is 6.42 Å². The van der Waals surface area contributed by atoms with E-state index in [1.807, 2.05) is 0 Å². The summed E-state index contributed by atoms with van der Waals surface area (Å²) in [6, 6.07) is 0. The molecule has 2 N–H and O–H groups in total. The van der Waals surface area contributed by atoms with Gasteiger partial charge in [0.2, 0.25) is 5.88 Å². The van der Waals surface area contributed by atoms with Crippen LogP contribution in [0.4, 0.5) is 5.69 Å². The molecule has 1 atom stereocenters. The maximum atomic E-state index is 5.71. The van der Waals surface area contributed by atoms with Crippen LogP contribution in [0.3, 0.4) is 0 Å². The Morgan fingerprint density at radius 2 is 2.43 bits per heavy atom. The van der Waals surface area contributed by atoms with E-state index in [2.05, 4.69) is 9.97 Å². The average Bonchev–Trinajstić information content (AvgIpc) is 2.66. The van der Waals surface area contributed by atoms with Crippen molar-refractivity contribution < 1.29 is 9.47 Å². The topological polar surface area (TPSA) is 70.3 Å². The lowest BCUT2D eigenvalue weighted by Gasteiger charge is -2.12. The van der Waals surface area contributed by atoms with E-state index in [0.29, 0.717) is 19.1 Å². The summed E-state index contributed by atoms with van der Waals surface area (Å²) in [5, 5.41) is 0.217. The lowest BCUT2D eigenvalue weighted by molar-refractivity contribution is 0.138. The van der Waals surface area contributed by atoms with E-state index in [1.54, 1.807) is 0 Å². The first-order chi connectivity index (χ1) is 6.77. The zero-order valence-corrected chi connectivity index (χ0v) is 8.20. The van der Waals surface area contributed by atoms with Crippen LogP contribution in [0.5, 0.6) is 5.88 Å². The Labute approximate surface area is 86.2 Å². The Morgan fingerprint density at radius 3 is 3.14 bits per heavy atom. The largest absolute Gasteiger partial charge is 0.470 e. The first-order valence-electron chi connectivity index (χ1n) is 4.27. The predicted molar refractivity (Wildman–Crippen MR) is 51.3 cm³/mol. The smallest absolute Gasteiger partial charge is 0.242 e. The number of aromatic nitrogens is 2. The molecule has 2 rings (SSSR count). The fourth-order valence-corrected chi connectivity index (χ4v) is 1.34. The van der Waals surface area contributed by atoms with Gasteiger partial charge in [0.25, 0.3) is 0 Å². The van der Waals surface area contributed by atoms with Gasteiger partial charge in [-0.05, 0) is 0 Å². The molecule has 0 radical (unpaired) electrons. The van der Waals surface area contributed by atoms with Crippen molar-refractivity contribution in [2.75, 3.05) is 18.9 Å². The van der Waals surface area contributed by atoms with Gasteiger partial charge in [-0.2, -0.15) is 4.98 Å². The molecule has 1 aromatic rings. The van der Waals surface area contributed by atoms with Crippen molar-refractivity contribution in [1.29, 1.82) is 0 Å².